The molecule has 28 heavy (non-hydrogen) atoms. The molecule has 1 saturated heterocycles. The Morgan fingerprint density at radius 2 is 1.86 bits per heavy atom. The third kappa shape index (κ3) is 3.10. The molecule has 0 bridgehead atoms. The van der Waals surface area contributed by atoms with E-state index in [4.69, 9.17) is 4.98 Å². The molecule has 0 aromatic carbocycles. The normalized spacial score (nSPS) is 14.5. The maximum absolute atomic E-state index is 4.89. The van der Waals surface area contributed by atoms with Crippen LogP contribution < -0.4 is 10.2 Å². The van der Waals surface area contributed by atoms with Crippen LogP contribution in [-0.4, -0.2) is 51.3 Å². The van der Waals surface area contributed by atoms with E-state index in [1.54, 1.807) is 0 Å². The van der Waals surface area contributed by atoms with Crippen molar-refractivity contribution >= 4 is 16.7 Å². The van der Waals surface area contributed by atoms with Gasteiger partial charge in [0.05, 0.1) is 23.1 Å². The molecule has 7 heteroatoms. The van der Waals surface area contributed by atoms with Crippen LogP contribution in [0.25, 0.3) is 33.5 Å². The van der Waals surface area contributed by atoms with Gasteiger partial charge in [0.15, 0.2) is 0 Å². The predicted octanol–water partition coefficient (Wildman–Crippen LogP) is 2.80. The lowest BCUT2D eigenvalue weighted by molar-refractivity contribution is 0.585. The van der Waals surface area contributed by atoms with E-state index in [1.807, 2.05) is 43.6 Å². The van der Waals surface area contributed by atoms with Gasteiger partial charge in [-0.05, 0) is 37.3 Å². The highest BCUT2D eigenvalue weighted by molar-refractivity contribution is 5.93. The van der Waals surface area contributed by atoms with E-state index in [2.05, 4.69) is 42.5 Å². The summed E-state index contributed by atoms with van der Waals surface area (Å²) in [6.07, 6.45) is 3.67. The van der Waals surface area contributed by atoms with Crippen molar-refractivity contribution in [2.24, 2.45) is 0 Å². The Morgan fingerprint density at radius 3 is 2.68 bits per heavy atom. The number of aromatic amines is 1. The van der Waals surface area contributed by atoms with Crippen LogP contribution in [0.4, 0.5) is 5.82 Å². The summed E-state index contributed by atoms with van der Waals surface area (Å²) in [6, 6.07) is 12.2. The molecule has 0 unspecified atom stereocenters. The number of aromatic nitrogens is 5. The maximum Gasteiger partial charge on any atom is 0.129 e. The van der Waals surface area contributed by atoms with Gasteiger partial charge in [0.25, 0.3) is 0 Å². The summed E-state index contributed by atoms with van der Waals surface area (Å²) in [5.74, 6) is 0.993. The molecule has 1 fully saturated rings. The minimum absolute atomic E-state index is 0.843. The summed E-state index contributed by atoms with van der Waals surface area (Å²) in [5, 5.41) is 12.0. The van der Waals surface area contributed by atoms with E-state index in [0.717, 1.165) is 71.2 Å². The predicted molar refractivity (Wildman–Crippen MR) is 110 cm³/mol. The first-order chi connectivity index (χ1) is 13.8. The zero-order valence-corrected chi connectivity index (χ0v) is 15.7. The number of nitrogens with zero attached hydrogens (tertiary/aromatic N) is 5. The lowest BCUT2D eigenvalue weighted by Crippen LogP contribution is -2.43. The fourth-order valence-electron chi connectivity index (χ4n) is 3.51. The van der Waals surface area contributed by atoms with Gasteiger partial charge in [-0.2, -0.15) is 5.10 Å². The number of hydrogen-bond donors (Lipinski definition) is 2. The van der Waals surface area contributed by atoms with Crippen LogP contribution in [0.5, 0.6) is 0 Å². The number of H-pyrrole nitrogens is 1. The molecule has 0 saturated carbocycles. The summed E-state index contributed by atoms with van der Waals surface area (Å²) in [7, 11) is 0. The van der Waals surface area contributed by atoms with Crippen LogP contribution in [0.1, 0.15) is 5.69 Å². The average Bonchev–Trinajstić information content (AvgIpc) is 3.18. The summed E-state index contributed by atoms with van der Waals surface area (Å²) in [4.78, 5) is 16.1. The first-order valence-corrected chi connectivity index (χ1v) is 9.48. The molecule has 2 N–H and O–H groups in total. The second-order valence-corrected chi connectivity index (χ2v) is 6.99. The Balaban J connectivity index is 1.55. The second kappa shape index (κ2) is 7.01. The number of pyridine rings is 3. The third-order valence-electron chi connectivity index (χ3n) is 5.07. The largest absolute Gasteiger partial charge is 0.354 e. The van der Waals surface area contributed by atoms with Crippen LogP contribution in [-0.2, 0) is 0 Å². The Kier molecular flexibility index (Phi) is 4.21. The van der Waals surface area contributed by atoms with E-state index in [-0.39, 0.29) is 0 Å². The van der Waals surface area contributed by atoms with Crippen LogP contribution in [0.2, 0.25) is 0 Å². The van der Waals surface area contributed by atoms with E-state index in [0.29, 0.717) is 0 Å². The van der Waals surface area contributed by atoms with E-state index in [9.17, 15) is 0 Å². The van der Waals surface area contributed by atoms with Crippen molar-refractivity contribution in [2.45, 2.75) is 6.92 Å². The number of nitrogens with one attached hydrogen (secondary N) is 2. The van der Waals surface area contributed by atoms with E-state index in [1.165, 1.54) is 0 Å². The molecule has 4 aromatic rings. The lowest BCUT2D eigenvalue weighted by atomic mass is 10.1. The van der Waals surface area contributed by atoms with Crippen molar-refractivity contribution in [3.05, 3.63) is 54.5 Å². The zero-order valence-electron chi connectivity index (χ0n) is 15.7. The van der Waals surface area contributed by atoms with Gasteiger partial charge in [0.1, 0.15) is 11.5 Å². The number of rotatable bonds is 3. The molecule has 0 atom stereocenters. The molecule has 0 radical (unpaired) electrons. The van der Waals surface area contributed by atoms with Gasteiger partial charge < -0.3 is 10.2 Å². The minimum Gasteiger partial charge on any atom is -0.354 e. The third-order valence-corrected chi connectivity index (χ3v) is 5.07. The molecule has 7 nitrogen and oxygen atoms in total. The highest BCUT2D eigenvalue weighted by Gasteiger charge is 2.15. The topological polar surface area (TPSA) is 82.6 Å². The first kappa shape index (κ1) is 16.8. The summed E-state index contributed by atoms with van der Waals surface area (Å²) in [5.41, 5.74) is 5.45. The van der Waals surface area contributed by atoms with Crippen LogP contribution in [0.3, 0.4) is 0 Å². The summed E-state index contributed by atoms with van der Waals surface area (Å²) in [6.45, 7) is 5.87. The molecule has 0 spiro atoms. The van der Waals surface area contributed by atoms with E-state index < -0.39 is 0 Å². The molecule has 0 amide bonds. The van der Waals surface area contributed by atoms with Crippen molar-refractivity contribution in [3.63, 3.8) is 0 Å². The zero-order chi connectivity index (χ0) is 18.9. The fraction of sp³-hybridized carbons (Fsp3) is 0.238. The lowest BCUT2D eigenvalue weighted by Gasteiger charge is -2.28. The molecule has 1 aliphatic heterocycles. The van der Waals surface area contributed by atoms with Crippen LogP contribution >= 0.6 is 0 Å². The number of hydrogen-bond acceptors (Lipinski definition) is 6. The number of fused-ring (bicyclic) bond motifs is 1. The highest BCUT2D eigenvalue weighted by atomic mass is 15.2. The number of anilines is 1. The van der Waals surface area contributed by atoms with Gasteiger partial charge in [-0.1, -0.05) is 6.07 Å². The van der Waals surface area contributed by atoms with Gasteiger partial charge in [-0.3, -0.25) is 15.1 Å². The second-order valence-electron chi connectivity index (χ2n) is 6.99. The standard InChI is InChI=1S/C21H21N7/c1-14-5-6-15(12-23-14)18-11-16-19(13-24-18)26-27-21(16)17-3-2-4-20(25-17)28-9-7-22-8-10-28/h2-6,11-13,22H,7-10H2,1H3,(H,26,27). The van der Waals surface area contributed by atoms with Crippen molar-refractivity contribution in [1.29, 1.82) is 0 Å². The van der Waals surface area contributed by atoms with Crippen molar-refractivity contribution in [1.82, 2.24) is 30.5 Å². The van der Waals surface area contributed by atoms with Gasteiger partial charge in [0, 0.05) is 49.0 Å². The molecular formula is C21H21N7. The Bertz CT molecular complexity index is 1110. The van der Waals surface area contributed by atoms with Crippen LogP contribution in [0, 0.1) is 6.92 Å². The Hall–Kier alpha value is -3.32. The number of piperazine rings is 1. The molecular weight excluding hydrogens is 350 g/mol. The van der Waals surface area contributed by atoms with Crippen LogP contribution in [0.15, 0.2) is 48.8 Å². The summed E-state index contributed by atoms with van der Waals surface area (Å²) < 4.78 is 0. The fourth-order valence-corrected chi connectivity index (χ4v) is 3.51. The van der Waals surface area contributed by atoms with Gasteiger partial charge in [0.2, 0.25) is 0 Å². The van der Waals surface area contributed by atoms with Gasteiger partial charge in [-0.25, -0.2) is 4.98 Å². The van der Waals surface area contributed by atoms with Gasteiger partial charge >= 0.3 is 0 Å². The summed E-state index contributed by atoms with van der Waals surface area (Å²) >= 11 is 0. The SMILES string of the molecule is Cc1ccc(-c2cc3c(-c4cccc(N5CCNCC5)n4)n[nH]c3cn2)cn1. The average molecular weight is 371 g/mol. The van der Waals surface area contributed by atoms with Crippen molar-refractivity contribution in [3.8, 4) is 22.6 Å². The van der Waals surface area contributed by atoms with Gasteiger partial charge in [-0.15, -0.1) is 0 Å². The smallest absolute Gasteiger partial charge is 0.129 e. The van der Waals surface area contributed by atoms with E-state index >= 15 is 0 Å². The monoisotopic (exact) mass is 371 g/mol. The molecule has 5 rings (SSSR count). The highest BCUT2D eigenvalue weighted by Crippen LogP contribution is 2.29. The molecule has 4 aromatic heterocycles. The molecule has 1 aliphatic rings. The van der Waals surface area contributed by atoms with Crippen molar-refractivity contribution in [2.75, 3.05) is 31.1 Å². The Labute approximate surface area is 162 Å². The van der Waals surface area contributed by atoms with Crippen molar-refractivity contribution < 1.29 is 0 Å². The minimum atomic E-state index is 0.843. The number of aryl methyl sites for hydroxylation is 1. The Morgan fingerprint density at radius 1 is 0.964 bits per heavy atom. The maximum atomic E-state index is 4.89. The molecule has 0 aliphatic carbocycles. The first-order valence-electron chi connectivity index (χ1n) is 9.48. The molecule has 140 valence electrons. The molecule has 5 heterocycles. The quantitative estimate of drug-likeness (QED) is 0.576.